The van der Waals surface area contributed by atoms with E-state index in [4.69, 9.17) is 10.5 Å². The zero-order valence-electron chi connectivity index (χ0n) is 10.8. The number of hydrogen-bond donors (Lipinski definition) is 2. The lowest BCUT2D eigenvalue weighted by Gasteiger charge is -2.28. The fourth-order valence-electron chi connectivity index (χ4n) is 2.06. The third kappa shape index (κ3) is 2.72. The lowest BCUT2D eigenvalue weighted by Crippen LogP contribution is -2.50. The lowest BCUT2D eigenvalue weighted by atomic mass is 9.97. The second kappa shape index (κ2) is 4.73. The Morgan fingerprint density at radius 3 is 2.79 bits per heavy atom. The Hall–Kier alpha value is -1.18. The van der Waals surface area contributed by atoms with Gasteiger partial charge in [-0.05, 0) is 38.5 Å². The Morgan fingerprint density at radius 2 is 2.21 bits per heavy atom. The summed E-state index contributed by atoms with van der Waals surface area (Å²) in [6.45, 7) is 4.00. The van der Waals surface area contributed by atoms with Crippen LogP contribution >= 0.6 is 0 Å². The molecule has 2 rings (SSSR count). The van der Waals surface area contributed by atoms with E-state index in [-0.39, 0.29) is 11.8 Å². The quantitative estimate of drug-likeness (QED) is 0.820. The van der Waals surface area contributed by atoms with Gasteiger partial charge in [-0.3, -0.25) is 0 Å². The van der Waals surface area contributed by atoms with Crippen molar-refractivity contribution in [2.75, 3.05) is 12.3 Å². The molecule has 0 aromatic heterocycles. The highest BCUT2D eigenvalue weighted by molar-refractivity contribution is 7.89. The van der Waals surface area contributed by atoms with E-state index >= 15 is 0 Å². The maximum Gasteiger partial charge on any atom is 0.244 e. The average Bonchev–Trinajstić information content (AvgIpc) is 2.61. The molecule has 0 radical (unpaired) electrons. The van der Waals surface area contributed by atoms with Crippen molar-refractivity contribution in [2.45, 2.75) is 36.8 Å². The molecule has 3 N–H and O–H groups in total. The first-order valence-corrected chi connectivity index (χ1v) is 7.43. The smallest absolute Gasteiger partial charge is 0.244 e. The molecule has 106 valence electrons. The molecule has 0 aliphatic carbocycles. The van der Waals surface area contributed by atoms with E-state index < -0.39 is 26.3 Å². The number of nitrogens with two attached hydrogens (primary N) is 1. The Labute approximate surface area is 112 Å². The van der Waals surface area contributed by atoms with Crippen LogP contribution in [0.4, 0.5) is 10.1 Å². The number of anilines is 1. The molecule has 19 heavy (non-hydrogen) atoms. The fraction of sp³-hybridized carbons (Fsp3) is 0.500. The summed E-state index contributed by atoms with van der Waals surface area (Å²) >= 11 is 0. The van der Waals surface area contributed by atoms with Gasteiger partial charge in [-0.25, -0.2) is 17.5 Å². The largest absolute Gasteiger partial charge is 0.399 e. The van der Waals surface area contributed by atoms with Crippen molar-refractivity contribution in [3.63, 3.8) is 0 Å². The van der Waals surface area contributed by atoms with E-state index in [1.807, 2.05) is 0 Å². The van der Waals surface area contributed by atoms with Gasteiger partial charge in [-0.15, -0.1) is 0 Å². The van der Waals surface area contributed by atoms with Crippen LogP contribution in [0.2, 0.25) is 0 Å². The van der Waals surface area contributed by atoms with Gasteiger partial charge < -0.3 is 10.5 Å². The Kier molecular flexibility index (Phi) is 3.55. The molecule has 1 saturated heterocycles. The first-order chi connectivity index (χ1) is 8.74. The predicted octanol–water partition coefficient (Wildman–Crippen LogP) is 1.25. The number of benzene rings is 1. The van der Waals surface area contributed by atoms with Crippen molar-refractivity contribution < 1.29 is 17.5 Å². The highest BCUT2D eigenvalue weighted by Gasteiger charge is 2.41. The maximum atomic E-state index is 13.7. The molecule has 1 fully saturated rings. The van der Waals surface area contributed by atoms with Crippen LogP contribution < -0.4 is 10.5 Å². The first kappa shape index (κ1) is 14.2. The number of hydrogen-bond acceptors (Lipinski definition) is 4. The molecule has 7 heteroatoms. The van der Waals surface area contributed by atoms with Crippen LogP contribution in [-0.2, 0) is 14.8 Å². The average molecular weight is 288 g/mol. The number of nitrogens with one attached hydrogen (secondary N) is 1. The van der Waals surface area contributed by atoms with Gasteiger partial charge in [-0.2, -0.15) is 0 Å². The molecule has 0 bridgehead atoms. The molecule has 1 aromatic carbocycles. The summed E-state index contributed by atoms with van der Waals surface area (Å²) in [6.07, 6.45) is 0.267. The van der Waals surface area contributed by atoms with E-state index in [1.165, 1.54) is 6.07 Å². The molecule has 0 spiro atoms. The van der Waals surface area contributed by atoms with Gasteiger partial charge in [-0.1, -0.05) is 0 Å². The van der Waals surface area contributed by atoms with Crippen molar-refractivity contribution in [1.82, 2.24) is 4.72 Å². The third-order valence-electron chi connectivity index (χ3n) is 3.50. The van der Waals surface area contributed by atoms with Crippen molar-refractivity contribution in [3.05, 3.63) is 24.0 Å². The summed E-state index contributed by atoms with van der Waals surface area (Å²) in [5.41, 5.74) is 4.97. The molecular weight excluding hydrogens is 271 g/mol. The van der Waals surface area contributed by atoms with Gasteiger partial charge in [0.15, 0.2) is 0 Å². The molecular formula is C12H17FN2O3S. The van der Waals surface area contributed by atoms with Crippen molar-refractivity contribution >= 4 is 15.7 Å². The standard InChI is InChI=1S/C12H17FN2O3S/c1-8-12(2,5-6-18-8)15-19(16,17)11-7-9(14)3-4-10(11)13/h3-4,7-8,15H,5-6,14H2,1-2H3. The molecule has 1 aromatic rings. The summed E-state index contributed by atoms with van der Waals surface area (Å²) in [7, 11) is -3.97. The zero-order chi connectivity index (χ0) is 14.3. The minimum Gasteiger partial charge on any atom is -0.399 e. The molecule has 2 unspecified atom stereocenters. The van der Waals surface area contributed by atoms with Gasteiger partial charge in [0, 0.05) is 12.3 Å². The maximum absolute atomic E-state index is 13.7. The van der Waals surface area contributed by atoms with Gasteiger partial charge in [0.1, 0.15) is 10.7 Å². The molecule has 5 nitrogen and oxygen atoms in total. The number of halogens is 1. The molecule has 1 heterocycles. The van der Waals surface area contributed by atoms with Gasteiger partial charge in [0.2, 0.25) is 10.0 Å². The summed E-state index contributed by atoms with van der Waals surface area (Å²) < 4.78 is 46.0. The van der Waals surface area contributed by atoms with Crippen LogP contribution in [0.1, 0.15) is 20.3 Å². The van der Waals surface area contributed by atoms with Crippen molar-refractivity contribution in [1.29, 1.82) is 0 Å². The summed E-state index contributed by atoms with van der Waals surface area (Å²) in [4.78, 5) is -0.437. The molecule has 1 aliphatic rings. The van der Waals surface area contributed by atoms with Crippen LogP contribution in [0.3, 0.4) is 0 Å². The molecule has 0 amide bonds. The second-order valence-electron chi connectivity index (χ2n) is 4.98. The number of sulfonamides is 1. The van der Waals surface area contributed by atoms with Gasteiger partial charge in [0.25, 0.3) is 0 Å². The van der Waals surface area contributed by atoms with Crippen molar-refractivity contribution in [2.24, 2.45) is 0 Å². The highest BCUT2D eigenvalue weighted by atomic mass is 32.2. The fourth-order valence-corrected chi connectivity index (χ4v) is 3.66. The van der Waals surface area contributed by atoms with Crippen LogP contribution in [-0.4, -0.2) is 26.7 Å². The predicted molar refractivity (Wildman–Crippen MR) is 69.6 cm³/mol. The van der Waals surface area contributed by atoms with E-state index in [0.29, 0.717) is 13.0 Å². The van der Waals surface area contributed by atoms with Crippen LogP contribution in [0.15, 0.2) is 23.1 Å². The monoisotopic (exact) mass is 288 g/mol. The van der Waals surface area contributed by atoms with E-state index in [2.05, 4.69) is 4.72 Å². The minimum atomic E-state index is -3.97. The first-order valence-electron chi connectivity index (χ1n) is 5.95. The summed E-state index contributed by atoms with van der Waals surface area (Å²) in [5, 5.41) is 0. The Bertz CT molecular complexity index is 591. The lowest BCUT2D eigenvalue weighted by molar-refractivity contribution is 0.0957. The number of rotatable bonds is 3. The minimum absolute atomic E-state index is 0.197. The number of nitrogen functional groups attached to an aromatic ring is 1. The van der Waals surface area contributed by atoms with Gasteiger partial charge >= 0.3 is 0 Å². The van der Waals surface area contributed by atoms with E-state index in [1.54, 1.807) is 13.8 Å². The van der Waals surface area contributed by atoms with Gasteiger partial charge in [0.05, 0.1) is 11.6 Å². The SMILES string of the molecule is CC1OCCC1(C)NS(=O)(=O)c1cc(N)ccc1F. The highest BCUT2D eigenvalue weighted by Crippen LogP contribution is 2.28. The molecule has 2 atom stereocenters. The third-order valence-corrected chi connectivity index (χ3v) is 5.13. The molecule has 1 aliphatic heterocycles. The summed E-state index contributed by atoms with van der Waals surface area (Å²) in [5.74, 6) is -0.822. The second-order valence-corrected chi connectivity index (χ2v) is 6.63. The van der Waals surface area contributed by atoms with Crippen LogP contribution in [0, 0.1) is 5.82 Å². The van der Waals surface area contributed by atoms with Crippen LogP contribution in [0.25, 0.3) is 0 Å². The van der Waals surface area contributed by atoms with E-state index in [0.717, 1.165) is 12.1 Å². The Morgan fingerprint density at radius 1 is 1.53 bits per heavy atom. The normalized spacial score (nSPS) is 27.6. The topological polar surface area (TPSA) is 81.4 Å². The number of ether oxygens (including phenoxy) is 1. The van der Waals surface area contributed by atoms with Crippen LogP contribution in [0.5, 0.6) is 0 Å². The zero-order valence-corrected chi connectivity index (χ0v) is 11.6. The summed E-state index contributed by atoms with van der Waals surface area (Å²) in [6, 6.07) is 3.47. The van der Waals surface area contributed by atoms with Crippen molar-refractivity contribution in [3.8, 4) is 0 Å². The van der Waals surface area contributed by atoms with E-state index in [9.17, 15) is 12.8 Å². The molecule has 0 saturated carbocycles. The Balaban J connectivity index is 2.35.